The largest absolute Gasteiger partial charge is 0.381 e. The minimum absolute atomic E-state index is 0.0294. The Bertz CT molecular complexity index is 403. The molecule has 102 valence electrons. The molecule has 1 fully saturated rings. The second-order valence-electron chi connectivity index (χ2n) is 5.68. The molecule has 3 unspecified atom stereocenters. The van der Waals surface area contributed by atoms with E-state index in [9.17, 15) is 0 Å². The average Bonchev–Trinajstić information content (AvgIpc) is 2.76. The molecule has 3 N–H and O–H groups in total. The fraction of sp³-hybridized carbons (Fsp3) is 0.769. The molecule has 0 amide bonds. The van der Waals surface area contributed by atoms with Crippen LogP contribution >= 0.6 is 11.3 Å². The number of nitrogens with one attached hydrogen (secondary N) is 1. The predicted molar refractivity (Wildman–Crippen MR) is 74.5 cm³/mol. The van der Waals surface area contributed by atoms with Crippen molar-refractivity contribution in [3.63, 3.8) is 0 Å². The molecule has 1 aliphatic carbocycles. The summed E-state index contributed by atoms with van der Waals surface area (Å²) in [5, 5.41) is 6.66. The van der Waals surface area contributed by atoms with Crippen molar-refractivity contribution in [1.29, 1.82) is 0 Å². The third-order valence-electron chi connectivity index (χ3n) is 3.95. The van der Waals surface area contributed by atoms with Gasteiger partial charge in [-0.2, -0.15) is 0 Å². The second-order valence-corrected chi connectivity index (χ2v) is 6.57. The highest BCUT2D eigenvalue weighted by atomic mass is 32.1. The first kappa shape index (κ1) is 13.9. The lowest BCUT2D eigenvalue weighted by Crippen LogP contribution is -2.60. The molecule has 3 atom stereocenters. The normalized spacial score (nSPS) is 27.8. The first-order valence-electron chi connectivity index (χ1n) is 6.41. The number of rotatable bonds is 5. The first-order chi connectivity index (χ1) is 8.45. The highest BCUT2D eigenvalue weighted by Gasteiger charge is 2.48. The van der Waals surface area contributed by atoms with Crippen LogP contribution in [0.4, 0.5) is 0 Å². The van der Waals surface area contributed by atoms with E-state index in [0.717, 1.165) is 23.7 Å². The summed E-state index contributed by atoms with van der Waals surface area (Å²) in [5.74, 6) is 0. The van der Waals surface area contributed by atoms with Gasteiger partial charge in [-0.15, -0.1) is 11.3 Å². The summed E-state index contributed by atoms with van der Waals surface area (Å²) in [6.07, 6.45) is 1.44. The van der Waals surface area contributed by atoms with Gasteiger partial charge in [-0.3, -0.25) is 0 Å². The van der Waals surface area contributed by atoms with Crippen molar-refractivity contribution >= 4 is 11.3 Å². The van der Waals surface area contributed by atoms with Crippen LogP contribution in [0.2, 0.25) is 0 Å². The lowest BCUT2D eigenvalue weighted by atomic mass is 9.64. The maximum Gasteiger partial charge on any atom is 0.109 e. The number of nitrogens with zero attached hydrogens (tertiary/aromatic N) is 1. The van der Waals surface area contributed by atoms with Gasteiger partial charge in [0.25, 0.3) is 0 Å². The molecule has 0 aliphatic heterocycles. The van der Waals surface area contributed by atoms with Gasteiger partial charge in [0.2, 0.25) is 0 Å². The minimum atomic E-state index is 0.0294. The van der Waals surface area contributed by atoms with Crippen molar-refractivity contribution in [3.05, 3.63) is 16.1 Å². The van der Waals surface area contributed by atoms with Gasteiger partial charge in [0.1, 0.15) is 5.01 Å². The van der Waals surface area contributed by atoms with Crippen molar-refractivity contribution in [2.45, 2.75) is 51.9 Å². The number of thiazole rings is 1. The van der Waals surface area contributed by atoms with Gasteiger partial charge in [-0.1, -0.05) is 13.8 Å². The number of hydrogen-bond acceptors (Lipinski definition) is 5. The standard InChI is InChI=1S/C13H23N3OS/c1-8(14)12-16-9(7-18-12)6-15-10-5-11(17-4)13(10,2)3/h7-8,10-11,15H,5-6,14H2,1-4H3. The van der Waals surface area contributed by atoms with E-state index < -0.39 is 0 Å². The Balaban J connectivity index is 1.85. The number of ether oxygens (including phenoxy) is 1. The molecule has 4 nitrogen and oxygen atoms in total. The van der Waals surface area contributed by atoms with Gasteiger partial charge in [0.05, 0.1) is 17.8 Å². The Morgan fingerprint density at radius 2 is 2.39 bits per heavy atom. The third-order valence-corrected chi connectivity index (χ3v) is 5.05. The minimum Gasteiger partial charge on any atom is -0.381 e. The van der Waals surface area contributed by atoms with Crippen LogP contribution in [0, 0.1) is 5.41 Å². The third kappa shape index (κ3) is 2.59. The topological polar surface area (TPSA) is 60.2 Å². The van der Waals surface area contributed by atoms with Gasteiger partial charge in [0.15, 0.2) is 0 Å². The smallest absolute Gasteiger partial charge is 0.109 e. The van der Waals surface area contributed by atoms with E-state index in [1.54, 1.807) is 18.4 Å². The molecule has 1 aliphatic rings. The zero-order valence-corrected chi connectivity index (χ0v) is 12.4. The molecule has 0 saturated heterocycles. The Hall–Kier alpha value is -0.490. The van der Waals surface area contributed by atoms with Gasteiger partial charge in [0, 0.05) is 30.5 Å². The summed E-state index contributed by atoms with van der Waals surface area (Å²) in [4.78, 5) is 4.53. The van der Waals surface area contributed by atoms with E-state index in [2.05, 4.69) is 29.5 Å². The summed E-state index contributed by atoms with van der Waals surface area (Å²) in [7, 11) is 1.79. The van der Waals surface area contributed by atoms with E-state index in [0.29, 0.717) is 12.1 Å². The molecule has 1 aromatic rings. The van der Waals surface area contributed by atoms with Crippen LogP contribution in [-0.4, -0.2) is 24.2 Å². The number of methoxy groups -OCH3 is 1. The van der Waals surface area contributed by atoms with Crippen molar-refractivity contribution in [2.75, 3.05) is 7.11 Å². The van der Waals surface area contributed by atoms with Crippen molar-refractivity contribution < 1.29 is 4.74 Å². The molecule has 0 spiro atoms. The molecular weight excluding hydrogens is 246 g/mol. The highest BCUT2D eigenvalue weighted by Crippen LogP contribution is 2.42. The van der Waals surface area contributed by atoms with Crippen LogP contribution < -0.4 is 11.1 Å². The van der Waals surface area contributed by atoms with Gasteiger partial charge < -0.3 is 15.8 Å². The first-order valence-corrected chi connectivity index (χ1v) is 7.29. The Kier molecular flexibility index (Phi) is 4.06. The SMILES string of the molecule is COC1CC(NCc2csc(C(C)N)n2)C1(C)C. The van der Waals surface area contributed by atoms with Crippen molar-refractivity contribution in [3.8, 4) is 0 Å². The molecule has 1 saturated carbocycles. The van der Waals surface area contributed by atoms with Crippen LogP contribution in [0.25, 0.3) is 0 Å². The summed E-state index contributed by atoms with van der Waals surface area (Å²) < 4.78 is 5.45. The van der Waals surface area contributed by atoms with Gasteiger partial charge in [-0.25, -0.2) is 4.98 Å². The molecule has 1 heterocycles. The van der Waals surface area contributed by atoms with Crippen molar-refractivity contribution in [2.24, 2.45) is 11.1 Å². The molecule has 5 heteroatoms. The zero-order chi connectivity index (χ0) is 13.3. The summed E-state index contributed by atoms with van der Waals surface area (Å²) >= 11 is 1.64. The van der Waals surface area contributed by atoms with Gasteiger partial charge in [-0.05, 0) is 13.3 Å². The number of nitrogens with two attached hydrogens (primary N) is 1. The van der Waals surface area contributed by atoms with E-state index >= 15 is 0 Å². The second kappa shape index (κ2) is 5.25. The maximum absolute atomic E-state index is 5.81. The monoisotopic (exact) mass is 269 g/mol. The van der Waals surface area contributed by atoms with E-state index in [1.165, 1.54) is 0 Å². The Morgan fingerprint density at radius 1 is 1.67 bits per heavy atom. The molecule has 0 aromatic carbocycles. The lowest BCUT2D eigenvalue weighted by molar-refractivity contribution is -0.0979. The predicted octanol–water partition coefficient (Wildman–Crippen LogP) is 2.07. The number of hydrogen-bond donors (Lipinski definition) is 2. The molecule has 0 bridgehead atoms. The molecular formula is C13H23N3OS. The Labute approximate surface area is 113 Å². The van der Waals surface area contributed by atoms with Crippen molar-refractivity contribution in [1.82, 2.24) is 10.3 Å². The van der Waals surface area contributed by atoms with Crippen LogP contribution in [-0.2, 0) is 11.3 Å². The van der Waals surface area contributed by atoms with Crippen LogP contribution in [0.3, 0.4) is 0 Å². The average molecular weight is 269 g/mol. The Morgan fingerprint density at radius 3 is 2.89 bits per heavy atom. The maximum atomic E-state index is 5.81. The molecule has 18 heavy (non-hydrogen) atoms. The summed E-state index contributed by atoms with van der Waals surface area (Å²) in [6, 6.07) is 0.532. The van der Waals surface area contributed by atoms with E-state index in [4.69, 9.17) is 10.5 Å². The highest BCUT2D eigenvalue weighted by molar-refractivity contribution is 7.09. The fourth-order valence-corrected chi connectivity index (χ4v) is 3.25. The summed E-state index contributed by atoms with van der Waals surface area (Å²) in [6.45, 7) is 7.27. The molecule has 2 rings (SSSR count). The van der Waals surface area contributed by atoms with E-state index in [1.807, 2.05) is 6.92 Å². The van der Waals surface area contributed by atoms with Crippen LogP contribution in [0.15, 0.2) is 5.38 Å². The van der Waals surface area contributed by atoms with Gasteiger partial charge >= 0.3 is 0 Å². The molecule has 0 radical (unpaired) electrons. The van der Waals surface area contributed by atoms with Crippen LogP contribution in [0.5, 0.6) is 0 Å². The lowest BCUT2D eigenvalue weighted by Gasteiger charge is -2.51. The number of aromatic nitrogens is 1. The fourth-order valence-electron chi connectivity index (χ4n) is 2.47. The quantitative estimate of drug-likeness (QED) is 0.859. The zero-order valence-electron chi connectivity index (χ0n) is 11.6. The summed E-state index contributed by atoms with van der Waals surface area (Å²) in [5.41, 5.74) is 7.10. The molecule has 1 aromatic heterocycles. The van der Waals surface area contributed by atoms with E-state index in [-0.39, 0.29) is 11.5 Å². The van der Waals surface area contributed by atoms with Crippen LogP contribution in [0.1, 0.15) is 43.9 Å².